The van der Waals surface area contributed by atoms with Crippen LogP contribution < -0.4 is 10.6 Å². The van der Waals surface area contributed by atoms with Crippen LogP contribution in [0.4, 0.5) is 11.4 Å². The van der Waals surface area contributed by atoms with Gasteiger partial charge in [-0.15, -0.1) is 0 Å². The Morgan fingerprint density at radius 1 is 1.39 bits per heavy atom. The lowest BCUT2D eigenvalue weighted by molar-refractivity contribution is -0.120. The van der Waals surface area contributed by atoms with Gasteiger partial charge >= 0.3 is 0 Å². The molecule has 1 heterocycles. The number of aromatic nitrogens is 1. The van der Waals surface area contributed by atoms with Gasteiger partial charge in [0.25, 0.3) is 0 Å². The lowest BCUT2D eigenvalue weighted by atomic mass is 10.1. The predicted molar refractivity (Wildman–Crippen MR) is 89.5 cm³/mol. The van der Waals surface area contributed by atoms with Crippen LogP contribution in [-0.2, 0) is 9.53 Å². The molecule has 0 unspecified atom stereocenters. The largest absolute Gasteiger partial charge is 0.388 e. The molecular formula is C17H21N3O3. The Kier molecular flexibility index (Phi) is 4.45. The fraction of sp³-hybridized carbons (Fsp3) is 0.412. The van der Waals surface area contributed by atoms with Crippen LogP contribution in [0.25, 0.3) is 10.9 Å². The predicted octanol–water partition coefficient (Wildman–Crippen LogP) is 2.15. The van der Waals surface area contributed by atoms with Crippen LogP contribution in [0.3, 0.4) is 0 Å². The highest BCUT2D eigenvalue weighted by atomic mass is 16.5. The molecule has 6 nitrogen and oxygen atoms in total. The number of aliphatic hydroxyl groups is 1. The van der Waals surface area contributed by atoms with E-state index in [1.807, 2.05) is 31.2 Å². The van der Waals surface area contributed by atoms with Gasteiger partial charge in [0.2, 0.25) is 5.91 Å². The third-order valence-corrected chi connectivity index (χ3v) is 3.91. The van der Waals surface area contributed by atoms with Crippen molar-refractivity contribution in [3.63, 3.8) is 0 Å². The number of anilines is 2. The average molecular weight is 315 g/mol. The van der Waals surface area contributed by atoms with Gasteiger partial charge in [0, 0.05) is 18.5 Å². The highest BCUT2D eigenvalue weighted by Crippen LogP contribution is 2.37. The first-order valence-corrected chi connectivity index (χ1v) is 7.83. The zero-order valence-corrected chi connectivity index (χ0v) is 13.1. The average Bonchev–Trinajstić information content (AvgIpc) is 3.29. The SMILES string of the molecule is CCOCC(=O)Nc1cnc2ccccc2c1NCC1(O)CC1. The molecule has 23 heavy (non-hydrogen) atoms. The van der Waals surface area contributed by atoms with E-state index >= 15 is 0 Å². The van der Waals surface area contributed by atoms with E-state index in [1.165, 1.54) is 0 Å². The number of fused-ring (bicyclic) bond motifs is 1. The molecule has 1 amide bonds. The molecule has 0 radical (unpaired) electrons. The Morgan fingerprint density at radius 3 is 2.91 bits per heavy atom. The number of ether oxygens (including phenoxy) is 1. The first-order valence-electron chi connectivity index (χ1n) is 7.83. The van der Waals surface area contributed by atoms with Gasteiger partial charge in [-0.25, -0.2) is 0 Å². The Labute approximate surface area is 134 Å². The molecule has 0 aliphatic heterocycles. The van der Waals surface area contributed by atoms with Crippen molar-refractivity contribution in [1.82, 2.24) is 4.98 Å². The fourth-order valence-corrected chi connectivity index (χ4v) is 2.38. The minimum Gasteiger partial charge on any atom is -0.388 e. The lowest BCUT2D eigenvalue weighted by Crippen LogP contribution is -2.23. The smallest absolute Gasteiger partial charge is 0.250 e. The first-order chi connectivity index (χ1) is 11.1. The second-order valence-electron chi connectivity index (χ2n) is 5.83. The number of para-hydroxylation sites is 1. The van der Waals surface area contributed by atoms with Gasteiger partial charge in [-0.2, -0.15) is 0 Å². The topological polar surface area (TPSA) is 83.5 Å². The van der Waals surface area contributed by atoms with E-state index in [9.17, 15) is 9.90 Å². The van der Waals surface area contributed by atoms with Gasteiger partial charge in [-0.1, -0.05) is 18.2 Å². The molecule has 1 aliphatic carbocycles. The van der Waals surface area contributed by atoms with Crippen LogP contribution in [0.15, 0.2) is 30.5 Å². The van der Waals surface area contributed by atoms with Crippen molar-refractivity contribution in [3.05, 3.63) is 30.5 Å². The van der Waals surface area contributed by atoms with E-state index in [0.717, 1.165) is 29.4 Å². The summed E-state index contributed by atoms with van der Waals surface area (Å²) in [4.78, 5) is 16.3. The van der Waals surface area contributed by atoms with Crippen LogP contribution in [0.2, 0.25) is 0 Å². The van der Waals surface area contributed by atoms with Crippen molar-refractivity contribution in [2.24, 2.45) is 0 Å². The normalized spacial score (nSPS) is 15.4. The van der Waals surface area contributed by atoms with Gasteiger partial charge in [-0.3, -0.25) is 9.78 Å². The number of carbonyl (C=O) groups is 1. The Hall–Kier alpha value is -2.18. The summed E-state index contributed by atoms with van der Waals surface area (Å²) >= 11 is 0. The molecule has 2 aromatic rings. The molecule has 122 valence electrons. The van der Waals surface area contributed by atoms with Gasteiger partial charge in [0.1, 0.15) is 6.61 Å². The second kappa shape index (κ2) is 6.52. The monoisotopic (exact) mass is 315 g/mol. The van der Waals surface area contributed by atoms with E-state index in [1.54, 1.807) is 6.20 Å². The van der Waals surface area contributed by atoms with Crippen molar-refractivity contribution in [3.8, 4) is 0 Å². The minimum atomic E-state index is -0.628. The van der Waals surface area contributed by atoms with Crippen molar-refractivity contribution < 1.29 is 14.6 Å². The van der Waals surface area contributed by atoms with Crippen molar-refractivity contribution in [1.29, 1.82) is 0 Å². The maximum absolute atomic E-state index is 11.9. The summed E-state index contributed by atoms with van der Waals surface area (Å²) in [5.74, 6) is -0.225. The number of rotatable bonds is 7. The zero-order chi connectivity index (χ0) is 16.3. The Bertz CT molecular complexity index is 713. The number of amides is 1. The molecule has 1 fully saturated rings. The summed E-state index contributed by atoms with van der Waals surface area (Å²) in [7, 11) is 0. The molecular weight excluding hydrogens is 294 g/mol. The number of nitrogens with zero attached hydrogens (tertiary/aromatic N) is 1. The number of hydrogen-bond donors (Lipinski definition) is 3. The molecule has 1 aliphatic rings. The molecule has 1 saturated carbocycles. The van der Waals surface area contributed by atoms with E-state index in [2.05, 4.69) is 15.6 Å². The third-order valence-electron chi connectivity index (χ3n) is 3.91. The van der Waals surface area contributed by atoms with E-state index in [-0.39, 0.29) is 12.5 Å². The van der Waals surface area contributed by atoms with Crippen LogP contribution in [-0.4, -0.2) is 41.4 Å². The molecule has 3 rings (SSSR count). The minimum absolute atomic E-state index is 0.00665. The first kappa shape index (κ1) is 15.7. The van der Waals surface area contributed by atoms with Gasteiger partial charge < -0.3 is 20.5 Å². The number of pyridine rings is 1. The van der Waals surface area contributed by atoms with Crippen molar-refractivity contribution >= 4 is 28.2 Å². The third kappa shape index (κ3) is 3.78. The summed E-state index contributed by atoms with van der Waals surface area (Å²) in [5.41, 5.74) is 1.58. The van der Waals surface area contributed by atoms with Gasteiger partial charge in [-0.05, 0) is 25.8 Å². The molecule has 1 aromatic carbocycles. The molecule has 0 saturated heterocycles. The van der Waals surface area contributed by atoms with Crippen LogP contribution in [0.5, 0.6) is 0 Å². The number of benzene rings is 1. The second-order valence-corrected chi connectivity index (χ2v) is 5.83. The number of nitrogens with one attached hydrogen (secondary N) is 2. The Balaban J connectivity index is 1.87. The van der Waals surface area contributed by atoms with Crippen LogP contribution in [0.1, 0.15) is 19.8 Å². The van der Waals surface area contributed by atoms with Crippen molar-refractivity contribution in [2.75, 3.05) is 30.4 Å². The van der Waals surface area contributed by atoms with E-state index in [4.69, 9.17) is 4.74 Å². The molecule has 1 aromatic heterocycles. The fourth-order valence-electron chi connectivity index (χ4n) is 2.38. The highest BCUT2D eigenvalue weighted by Gasteiger charge is 2.40. The maximum Gasteiger partial charge on any atom is 0.250 e. The summed E-state index contributed by atoms with van der Waals surface area (Å²) in [6.07, 6.45) is 3.23. The van der Waals surface area contributed by atoms with Gasteiger partial charge in [0.05, 0.1) is 28.7 Å². The Morgan fingerprint density at radius 2 is 2.17 bits per heavy atom. The maximum atomic E-state index is 11.9. The van der Waals surface area contributed by atoms with Crippen LogP contribution in [0, 0.1) is 0 Å². The van der Waals surface area contributed by atoms with Crippen LogP contribution >= 0.6 is 0 Å². The molecule has 3 N–H and O–H groups in total. The summed E-state index contributed by atoms with van der Waals surface area (Å²) in [6, 6.07) is 7.70. The summed E-state index contributed by atoms with van der Waals surface area (Å²) in [6.45, 7) is 2.79. The molecule has 0 bridgehead atoms. The molecule has 0 atom stereocenters. The number of carbonyl (C=O) groups excluding carboxylic acids is 1. The summed E-state index contributed by atoms with van der Waals surface area (Å²) < 4.78 is 5.13. The lowest BCUT2D eigenvalue weighted by Gasteiger charge is -2.17. The quantitative estimate of drug-likeness (QED) is 0.729. The summed E-state index contributed by atoms with van der Waals surface area (Å²) in [5, 5.41) is 17.1. The van der Waals surface area contributed by atoms with E-state index < -0.39 is 5.60 Å². The van der Waals surface area contributed by atoms with E-state index in [0.29, 0.717) is 18.8 Å². The van der Waals surface area contributed by atoms with Crippen molar-refractivity contribution in [2.45, 2.75) is 25.4 Å². The molecule has 6 heteroatoms. The number of hydrogen-bond acceptors (Lipinski definition) is 5. The standard InChI is InChI=1S/C17H21N3O3/c1-2-23-10-15(21)20-14-9-18-13-6-4-3-5-12(13)16(14)19-11-17(22)7-8-17/h3-6,9,22H,2,7-8,10-11H2,1H3,(H,18,19)(H,20,21). The van der Waals surface area contributed by atoms with Gasteiger partial charge in [0.15, 0.2) is 0 Å². The zero-order valence-electron chi connectivity index (χ0n) is 13.1. The highest BCUT2D eigenvalue weighted by molar-refractivity contribution is 6.03. The molecule has 0 spiro atoms.